The van der Waals surface area contributed by atoms with E-state index in [9.17, 15) is 27.1 Å². The molecule has 0 unspecified atom stereocenters. The predicted molar refractivity (Wildman–Crippen MR) is 52.6 cm³/mol. The summed E-state index contributed by atoms with van der Waals surface area (Å²) in [4.78, 5) is 0. The minimum absolute atomic E-state index is 0.0544. The van der Waals surface area contributed by atoms with Crippen LogP contribution in [0, 0.1) is 0 Å². The lowest BCUT2D eigenvalue weighted by Gasteiger charge is -2.26. The third-order valence-corrected chi connectivity index (χ3v) is 2.33. The Morgan fingerprint density at radius 2 is 1.78 bits per heavy atom. The van der Waals surface area contributed by atoms with Gasteiger partial charge in [0.1, 0.15) is 6.04 Å². The molecule has 0 aliphatic carbocycles. The maximum Gasteiger partial charge on any atom is 0.455 e. The summed E-state index contributed by atoms with van der Waals surface area (Å²) in [5.74, 6) is -5.71. The number of methoxy groups -OCH3 is 1. The fraction of sp³-hybridized carbons (Fsp3) is 0.400. The summed E-state index contributed by atoms with van der Waals surface area (Å²) < 4.78 is 66.8. The second-order valence-corrected chi connectivity index (χ2v) is 3.53. The van der Waals surface area contributed by atoms with Crippen molar-refractivity contribution in [3.05, 3.63) is 23.8 Å². The minimum Gasteiger partial charge on any atom is -0.504 e. The SMILES string of the molecule is COc1ccc([C@@H](N)C(F)(F)C(F)(F)F)cc1O. The van der Waals surface area contributed by atoms with E-state index in [1.165, 1.54) is 7.11 Å². The van der Waals surface area contributed by atoms with Gasteiger partial charge in [-0.1, -0.05) is 6.07 Å². The first-order chi connectivity index (χ1) is 8.11. The zero-order valence-corrected chi connectivity index (χ0v) is 9.13. The van der Waals surface area contributed by atoms with Gasteiger partial charge in [-0.2, -0.15) is 22.0 Å². The molecule has 0 saturated carbocycles. The lowest BCUT2D eigenvalue weighted by molar-refractivity contribution is -0.291. The van der Waals surface area contributed by atoms with E-state index in [1.807, 2.05) is 0 Å². The lowest BCUT2D eigenvalue weighted by atomic mass is 10.0. The standard InChI is InChI=1S/C10H10F5NO2/c1-18-7-3-2-5(4-6(7)17)8(16)9(11,12)10(13,14)15/h2-4,8,17H,16H2,1H3/t8-/m1/s1. The number of phenols is 1. The van der Waals surface area contributed by atoms with E-state index in [2.05, 4.69) is 4.74 Å². The molecule has 0 saturated heterocycles. The molecule has 0 aliphatic heterocycles. The van der Waals surface area contributed by atoms with Gasteiger partial charge in [-0.05, 0) is 17.7 Å². The first-order valence-corrected chi connectivity index (χ1v) is 4.68. The van der Waals surface area contributed by atoms with E-state index in [1.54, 1.807) is 0 Å². The molecule has 102 valence electrons. The van der Waals surface area contributed by atoms with E-state index >= 15 is 0 Å². The van der Waals surface area contributed by atoms with E-state index in [-0.39, 0.29) is 5.75 Å². The van der Waals surface area contributed by atoms with Crippen LogP contribution in [0.25, 0.3) is 0 Å². The molecule has 1 rings (SSSR count). The van der Waals surface area contributed by atoms with Crippen molar-refractivity contribution in [1.29, 1.82) is 0 Å². The van der Waals surface area contributed by atoms with Gasteiger partial charge < -0.3 is 15.6 Å². The highest BCUT2D eigenvalue weighted by Crippen LogP contribution is 2.44. The molecule has 0 bridgehead atoms. The third-order valence-electron chi connectivity index (χ3n) is 2.33. The summed E-state index contributed by atoms with van der Waals surface area (Å²) in [5, 5.41) is 9.30. The highest BCUT2D eigenvalue weighted by atomic mass is 19.4. The molecule has 0 heterocycles. The largest absolute Gasteiger partial charge is 0.504 e. The number of aromatic hydroxyl groups is 1. The molecule has 0 spiro atoms. The molecule has 0 amide bonds. The average Bonchev–Trinajstić information content (AvgIpc) is 2.26. The van der Waals surface area contributed by atoms with Crippen LogP contribution >= 0.6 is 0 Å². The lowest BCUT2D eigenvalue weighted by Crippen LogP contribution is -2.45. The quantitative estimate of drug-likeness (QED) is 0.831. The highest BCUT2D eigenvalue weighted by molar-refractivity contribution is 5.43. The van der Waals surface area contributed by atoms with Crippen LogP contribution in [0.4, 0.5) is 22.0 Å². The number of ether oxygens (including phenoxy) is 1. The van der Waals surface area contributed by atoms with Crippen LogP contribution in [-0.2, 0) is 0 Å². The number of benzene rings is 1. The van der Waals surface area contributed by atoms with Gasteiger partial charge in [0.2, 0.25) is 0 Å². The number of hydrogen-bond donors (Lipinski definition) is 2. The molecule has 1 atom stereocenters. The van der Waals surface area contributed by atoms with Crippen molar-refractivity contribution in [3.8, 4) is 11.5 Å². The number of phenolic OH excluding ortho intramolecular Hbond substituents is 1. The van der Waals surface area contributed by atoms with E-state index in [4.69, 9.17) is 5.73 Å². The Bertz CT molecular complexity index is 433. The molecule has 1 aromatic rings. The first-order valence-electron chi connectivity index (χ1n) is 4.68. The number of rotatable bonds is 3. The van der Waals surface area contributed by atoms with Crippen molar-refractivity contribution in [2.75, 3.05) is 7.11 Å². The number of hydrogen-bond acceptors (Lipinski definition) is 3. The second-order valence-electron chi connectivity index (χ2n) is 3.53. The summed E-state index contributed by atoms with van der Waals surface area (Å²) in [6.45, 7) is 0. The molecule has 8 heteroatoms. The molecular weight excluding hydrogens is 261 g/mol. The minimum atomic E-state index is -5.76. The summed E-state index contributed by atoms with van der Waals surface area (Å²) in [7, 11) is 1.21. The van der Waals surface area contributed by atoms with Crippen molar-refractivity contribution in [2.45, 2.75) is 18.1 Å². The van der Waals surface area contributed by atoms with Crippen LogP contribution in [0.2, 0.25) is 0 Å². The van der Waals surface area contributed by atoms with Crippen LogP contribution < -0.4 is 10.5 Å². The number of halogens is 5. The molecule has 18 heavy (non-hydrogen) atoms. The van der Waals surface area contributed by atoms with Crippen molar-refractivity contribution in [3.63, 3.8) is 0 Å². The van der Waals surface area contributed by atoms with Crippen LogP contribution in [0.15, 0.2) is 18.2 Å². The van der Waals surface area contributed by atoms with Gasteiger partial charge in [-0.3, -0.25) is 0 Å². The second kappa shape index (κ2) is 4.60. The number of alkyl halides is 5. The van der Waals surface area contributed by atoms with Crippen LogP contribution in [0.5, 0.6) is 11.5 Å². The fourth-order valence-corrected chi connectivity index (χ4v) is 1.29. The average molecular weight is 271 g/mol. The van der Waals surface area contributed by atoms with Crippen LogP contribution in [0.3, 0.4) is 0 Å². The van der Waals surface area contributed by atoms with Crippen molar-refractivity contribution in [1.82, 2.24) is 0 Å². The fourth-order valence-electron chi connectivity index (χ4n) is 1.29. The number of nitrogens with two attached hydrogens (primary N) is 1. The van der Waals surface area contributed by atoms with E-state index < -0.39 is 29.5 Å². The van der Waals surface area contributed by atoms with Gasteiger partial charge in [-0.15, -0.1) is 0 Å². The summed E-state index contributed by atoms with van der Waals surface area (Å²) >= 11 is 0. The van der Waals surface area contributed by atoms with Crippen LogP contribution in [-0.4, -0.2) is 24.3 Å². The predicted octanol–water partition coefficient (Wildman–Crippen LogP) is 2.60. The van der Waals surface area contributed by atoms with Gasteiger partial charge >= 0.3 is 12.1 Å². The molecule has 0 aliphatic rings. The Kier molecular flexibility index (Phi) is 3.70. The molecule has 3 N–H and O–H groups in total. The Hall–Kier alpha value is -1.57. The summed E-state index contributed by atoms with van der Waals surface area (Å²) in [5.41, 5.74) is 4.35. The maximum absolute atomic E-state index is 13.0. The molecule has 1 aromatic carbocycles. The highest BCUT2D eigenvalue weighted by Gasteiger charge is 2.61. The Morgan fingerprint density at radius 1 is 1.22 bits per heavy atom. The van der Waals surface area contributed by atoms with Crippen molar-refractivity contribution in [2.24, 2.45) is 5.73 Å². The summed E-state index contributed by atoms with van der Waals surface area (Å²) in [6, 6.07) is 0.0949. The van der Waals surface area contributed by atoms with Crippen molar-refractivity contribution >= 4 is 0 Å². The molecule has 0 radical (unpaired) electrons. The van der Waals surface area contributed by atoms with Gasteiger partial charge in [0, 0.05) is 0 Å². The molecule has 0 fully saturated rings. The Morgan fingerprint density at radius 3 is 2.17 bits per heavy atom. The monoisotopic (exact) mass is 271 g/mol. The molecular formula is C10H10F5NO2. The normalized spacial score (nSPS) is 14.4. The smallest absolute Gasteiger partial charge is 0.455 e. The Balaban J connectivity index is 3.12. The zero-order chi connectivity index (χ0) is 14.1. The van der Waals surface area contributed by atoms with E-state index in [0.717, 1.165) is 12.1 Å². The third kappa shape index (κ3) is 2.47. The Labute approximate surface area is 99.0 Å². The molecule has 0 aromatic heterocycles. The zero-order valence-electron chi connectivity index (χ0n) is 9.13. The topological polar surface area (TPSA) is 55.5 Å². The van der Waals surface area contributed by atoms with E-state index in [0.29, 0.717) is 6.07 Å². The molecule has 3 nitrogen and oxygen atoms in total. The van der Waals surface area contributed by atoms with Gasteiger partial charge in [0.25, 0.3) is 0 Å². The van der Waals surface area contributed by atoms with Crippen LogP contribution in [0.1, 0.15) is 11.6 Å². The van der Waals surface area contributed by atoms with Gasteiger partial charge in [0.15, 0.2) is 11.5 Å². The summed E-state index contributed by atoms with van der Waals surface area (Å²) in [6.07, 6.45) is -5.76. The first kappa shape index (κ1) is 14.5. The van der Waals surface area contributed by atoms with Crippen molar-refractivity contribution < 1.29 is 31.8 Å². The maximum atomic E-state index is 13.0. The van der Waals surface area contributed by atoms with Gasteiger partial charge in [-0.25, -0.2) is 0 Å². The van der Waals surface area contributed by atoms with Gasteiger partial charge in [0.05, 0.1) is 7.11 Å².